The summed E-state index contributed by atoms with van der Waals surface area (Å²) in [5, 5.41) is 3.18. The minimum Gasteiger partial charge on any atom is -0.333 e. The van der Waals surface area contributed by atoms with E-state index in [-0.39, 0.29) is 0 Å². The molecular formula is C13H23N3. The number of nitrogens with zero attached hydrogens (tertiary/aromatic N) is 2. The van der Waals surface area contributed by atoms with Gasteiger partial charge in [-0.1, -0.05) is 27.7 Å². The molecule has 1 aromatic rings. The first kappa shape index (κ1) is 11.6. The van der Waals surface area contributed by atoms with Gasteiger partial charge in [-0.2, -0.15) is 0 Å². The molecule has 0 aromatic carbocycles. The Balaban J connectivity index is 2.09. The third-order valence-corrected chi connectivity index (χ3v) is 4.86. The van der Waals surface area contributed by atoms with Gasteiger partial charge in [-0.05, 0) is 23.8 Å². The van der Waals surface area contributed by atoms with Gasteiger partial charge < -0.3 is 9.88 Å². The minimum atomic E-state index is 0.453. The van der Waals surface area contributed by atoms with Gasteiger partial charge in [0.2, 0.25) is 0 Å². The molecule has 0 unspecified atom stereocenters. The molecule has 1 fully saturated rings. The van der Waals surface area contributed by atoms with Crippen molar-refractivity contribution in [1.82, 2.24) is 14.9 Å². The van der Waals surface area contributed by atoms with Crippen LogP contribution in [0.4, 0.5) is 0 Å². The zero-order valence-corrected chi connectivity index (χ0v) is 11.0. The van der Waals surface area contributed by atoms with E-state index in [1.807, 2.05) is 19.6 Å². The lowest BCUT2D eigenvalue weighted by molar-refractivity contribution is 0.457. The van der Waals surface area contributed by atoms with Gasteiger partial charge in [0.15, 0.2) is 0 Å². The Hall–Kier alpha value is -0.830. The molecule has 0 amide bonds. The van der Waals surface area contributed by atoms with Crippen LogP contribution in [-0.4, -0.2) is 16.6 Å². The van der Waals surface area contributed by atoms with Crippen molar-refractivity contribution in [3.05, 3.63) is 18.2 Å². The Morgan fingerprint density at radius 3 is 2.44 bits per heavy atom. The highest BCUT2D eigenvalue weighted by Gasteiger charge is 2.64. The fourth-order valence-corrected chi connectivity index (χ4v) is 2.83. The normalized spacial score (nSPS) is 22.3. The minimum absolute atomic E-state index is 0.453. The topological polar surface area (TPSA) is 29.9 Å². The summed E-state index contributed by atoms with van der Waals surface area (Å²) in [5.74, 6) is 0.754. The molecule has 1 aliphatic carbocycles. The summed E-state index contributed by atoms with van der Waals surface area (Å²) in [6, 6.07) is 0. The molecule has 2 rings (SSSR count). The zero-order valence-electron chi connectivity index (χ0n) is 11.0. The summed E-state index contributed by atoms with van der Waals surface area (Å²) in [6.07, 6.45) is 3.91. The molecule has 1 aliphatic rings. The van der Waals surface area contributed by atoms with Crippen molar-refractivity contribution in [2.45, 2.75) is 40.8 Å². The average molecular weight is 221 g/mol. The number of aromatic nitrogens is 2. The molecule has 3 nitrogen and oxygen atoms in total. The largest absolute Gasteiger partial charge is 0.333 e. The highest BCUT2D eigenvalue weighted by Crippen LogP contribution is 2.68. The third kappa shape index (κ3) is 1.58. The predicted molar refractivity (Wildman–Crippen MR) is 66.0 cm³/mol. The van der Waals surface area contributed by atoms with Gasteiger partial charge in [-0.25, -0.2) is 4.98 Å². The summed E-state index contributed by atoms with van der Waals surface area (Å²) in [5.41, 5.74) is 2.18. The first-order valence-corrected chi connectivity index (χ1v) is 6.05. The summed E-state index contributed by atoms with van der Waals surface area (Å²) in [7, 11) is 1.97. The van der Waals surface area contributed by atoms with Crippen molar-refractivity contribution in [2.75, 3.05) is 7.05 Å². The maximum atomic E-state index is 4.24. The van der Waals surface area contributed by atoms with E-state index in [1.165, 1.54) is 5.69 Å². The average Bonchev–Trinajstić information content (AvgIpc) is 2.57. The first-order valence-electron chi connectivity index (χ1n) is 6.05. The van der Waals surface area contributed by atoms with Crippen molar-refractivity contribution in [3.63, 3.8) is 0 Å². The van der Waals surface area contributed by atoms with Crippen LogP contribution in [0.15, 0.2) is 12.5 Å². The zero-order chi connectivity index (χ0) is 12.0. The van der Waals surface area contributed by atoms with Crippen LogP contribution in [0, 0.1) is 16.7 Å². The summed E-state index contributed by atoms with van der Waals surface area (Å²) < 4.78 is 2.29. The van der Waals surface area contributed by atoms with Crippen LogP contribution in [0.25, 0.3) is 0 Å². The second-order valence-corrected chi connectivity index (χ2v) is 6.06. The molecule has 0 atom stereocenters. The van der Waals surface area contributed by atoms with Gasteiger partial charge in [0, 0.05) is 19.3 Å². The number of rotatable bonds is 4. The lowest BCUT2D eigenvalue weighted by Gasteiger charge is -2.08. The molecule has 1 aromatic heterocycles. The Bertz CT molecular complexity index is 362. The van der Waals surface area contributed by atoms with Gasteiger partial charge in [0.1, 0.15) is 0 Å². The van der Waals surface area contributed by atoms with Crippen molar-refractivity contribution in [1.29, 1.82) is 0 Å². The number of hydrogen-bond donors (Lipinski definition) is 1. The van der Waals surface area contributed by atoms with Crippen molar-refractivity contribution >= 4 is 0 Å². The van der Waals surface area contributed by atoms with E-state index in [9.17, 15) is 0 Å². The fourth-order valence-electron chi connectivity index (χ4n) is 2.83. The Labute approximate surface area is 98.3 Å². The van der Waals surface area contributed by atoms with Gasteiger partial charge in [-0.15, -0.1) is 0 Å². The van der Waals surface area contributed by atoms with Crippen molar-refractivity contribution in [3.8, 4) is 0 Å². The van der Waals surface area contributed by atoms with E-state index in [2.05, 4.69) is 42.6 Å². The molecule has 90 valence electrons. The molecular weight excluding hydrogens is 198 g/mol. The summed E-state index contributed by atoms with van der Waals surface area (Å²) >= 11 is 0. The van der Waals surface area contributed by atoms with Crippen molar-refractivity contribution in [2.24, 2.45) is 16.7 Å². The monoisotopic (exact) mass is 221 g/mol. The van der Waals surface area contributed by atoms with Gasteiger partial charge >= 0.3 is 0 Å². The Morgan fingerprint density at radius 2 is 1.94 bits per heavy atom. The van der Waals surface area contributed by atoms with Crippen LogP contribution >= 0.6 is 0 Å². The fraction of sp³-hybridized carbons (Fsp3) is 0.769. The maximum absolute atomic E-state index is 4.24. The smallest absolute Gasteiger partial charge is 0.0948 e. The van der Waals surface area contributed by atoms with Crippen molar-refractivity contribution < 1.29 is 0 Å². The number of hydrogen-bond acceptors (Lipinski definition) is 2. The molecule has 0 aliphatic heterocycles. The molecule has 0 spiro atoms. The predicted octanol–water partition coefficient (Wildman–Crippen LogP) is 2.28. The Morgan fingerprint density at radius 1 is 1.31 bits per heavy atom. The standard InChI is InChI=1S/C13H23N3/c1-12(2)11(13(12,3)4)8-16-9-15-7-10(16)6-14-5/h7,9,11,14H,6,8H2,1-5H3. The highest BCUT2D eigenvalue weighted by molar-refractivity contribution is 5.13. The molecule has 0 radical (unpaired) electrons. The number of nitrogens with one attached hydrogen (secondary N) is 1. The molecule has 3 heteroatoms. The molecule has 1 saturated carbocycles. The number of imidazole rings is 1. The van der Waals surface area contributed by atoms with Crippen LogP contribution in [0.3, 0.4) is 0 Å². The van der Waals surface area contributed by atoms with Gasteiger partial charge in [-0.3, -0.25) is 0 Å². The van der Waals surface area contributed by atoms with Gasteiger partial charge in [0.05, 0.1) is 12.0 Å². The highest BCUT2D eigenvalue weighted by atomic mass is 15.1. The first-order chi connectivity index (χ1) is 7.41. The van der Waals surface area contributed by atoms with Crippen LogP contribution < -0.4 is 5.32 Å². The van der Waals surface area contributed by atoms with E-state index in [1.54, 1.807) is 0 Å². The summed E-state index contributed by atoms with van der Waals surface area (Å²) in [4.78, 5) is 4.24. The van der Waals surface area contributed by atoms with E-state index in [4.69, 9.17) is 0 Å². The van der Waals surface area contributed by atoms with Crippen LogP contribution in [0.1, 0.15) is 33.4 Å². The van der Waals surface area contributed by atoms with E-state index >= 15 is 0 Å². The SMILES string of the molecule is CNCc1cncn1CC1C(C)(C)C1(C)C. The molecule has 1 heterocycles. The lowest BCUT2D eigenvalue weighted by atomic mass is 10.0. The molecule has 0 bridgehead atoms. The summed E-state index contributed by atoms with van der Waals surface area (Å²) in [6.45, 7) is 11.5. The molecule has 0 saturated heterocycles. The molecule has 1 N–H and O–H groups in total. The molecule has 16 heavy (non-hydrogen) atoms. The van der Waals surface area contributed by atoms with E-state index in [0.29, 0.717) is 10.8 Å². The maximum Gasteiger partial charge on any atom is 0.0948 e. The van der Waals surface area contributed by atoms with Crippen LogP contribution in [-0.2, 0) is 13.1 Å². The quantitative estimate of drug-likeness (QED) is 0.845. The van der Waals surface area contributed by atoms with Gasteiger partial charge in [0.25, 0.3) is 0 Å². The second-order valence-electron chi connectivity index (χ2n) is 6.06. The lowest BCUT2D eigenvalue weighted by Crippen LogP contribution is -2.13. The van der Waals surface area contributed by atoms with Crippen LogP contribution in [0.5, 0.6) is 0 Å². The third-order valence-electron chi connectivity index (χ3n) is 4.86. The van der Waals surface area contributed by atoms with Crippen LogP contribution in [0.2, 0.25) is 0 Å². The second kappa shape index (κ2) is 3.59. The Kier molecular flexibility index (Phi) is 2.61. The van der Waals surface area contributed by atoms with E-state index in [0.717, 1.165) is 19.0 Å². The van der Waals surface area contributed by atoms with E-state index < -0.39 is 0 Å².